The molecule has 22 heavy (non-hydrogen) atoms. The highest BCUT2D eigenvalue weighted by Crippen LogP contribution is 2.23. The minimum absolute atomic E-state index is 0.0481. The first kappa shape index (κ1) is 16.2. The zero-order valence-electron chi connectivity index (χ0n) is 12.8. The number of aliphatic hydroxyl groups is 1. The molecule has 0 radical (unpaired) electrons. The maximum Gasteiger partial charge on any atom is 0.317 e. The van der Waals surface area contributed by atoms with Crippen LogP contribution in [0.5, 0.6) is 0 Å². The summed E-state index contributed by atoms with van der Waals surface area (Å²) in [5.41, 5.74) is 1.32. The molecule has 7 heteroatoms. The Morgan fingerprint density at radius 2 is 2.27 bits per heavy atom. The summed E-state index contributed by atoms with van der Waals surface area (Å²) in [7, 11) is 0. The SMILES string of the molecule is Cc1ccc([C@H](C)NC(=O)N2CCC[C@H](O)C2)cc1[N+](=O)[O-]. The lowest BCUT2D eigenvalue weighted by Gasteiger charge is -2.31. The van der Waals surface area contributed by atoms with Gasteiger partial charge in [0.25, 0.3) is 5.69 Å². The fraction of sp³-hybridized carbons (Fsp3) is 0.533. The second kappa shape index (κ2) is 6.74. The molecule has 1 aliphatic heterocycles. The van der Waals surface area contributed by atoms with Crippen molar-refractivity contribution in [1.82, 2.24) is 10.2 Å². The number of urea groups is 1. The van der Waals surface area contributed by atoms with Crippen molar-refractivity contribution >= 4 is 11.7 Å². The second-order valence-electron chi connectivity index (χ2n) is 5.72. The third kappa shape index (κ3) is 3.73. The Morgan fingerprint density at radius 1 is 1.55 bits per heavy atom. The first-order chi connectivity index (χ1) is 10.4. The van der Waals surface area contributed by atoms with Gasteiger partial charge < -0.3 is 15.3 Å². The molecule has 2 N–H and O–H groups in total. The number of carbonyl (C=O) groups excluding carboxylic acids is 1. The van der Waals surface area contributed by atoms with Crippen LogP contribution in [0.25, 0.3) is 0 Å². The number of hydrogen-bond acceptors (Lipinski definition) is 4. The molecular weight excluding hydrogens is 286 g/mol. The van der Waals surface area contributed by atoms with Gasteiger partial charge in [0, 0.05) is 24.7 Å². The van der Waals surface area contributed by atoms with E-state index >= 15 is 0 Å². The monoisotopic (exact) mass is 307 g/mol. The summed E-state index contributed by atoms with van der Waals surface area (Å²) in [4.78, 5) is 24.3. The van der Waals surface area contributed by atoms with Crippen LogP contribution in [0.4, 0.5) is 10.5 Å². The molecule has 0 saturated carbocycles. The zero-order valence-corrected chi connectivity index (χ0v) is 12.8. The number of nitrogens with one attached hydrogen (secondary N) is 1. The maximum absolute atomic E-state index is 12.2. The lowest BCUT2D eigenvalue weighted by molar-refractivity contribution is -0.385. The van der Waals surface area contributed by atoms with Gasteiger partial charge in [-0.15, -0.1) is 0 Å². The molecule has 1 aromatic carbocycles. The second-order valence-corrected chi connectivity index (χ2v) is 5.72. The van der Waals surface area contributed by atoms with Crippen LogP contribution in [0.3, 0.4) is 0 Å². The van der Waals surface area contributed by atoms with E-state index in [4.69, 9.17) is 0 Å². The number of aliphatic hydroxyl groups excluding tert-OH is 1. The summed E-state index contributed by atoms with van der Waals surface area (Å²) in [5, 5.41) is 23.4. The normalized spacial score (nSPS) is 19.6. The highest BCUT2D eigenvalue weighted by Gasteiger charge is 2.23. The number of nitro groups is 1. The molecule has 2 amide bonds. The summed E-state index contributed by atoms with van der Waals surface area (Å²) in [6.45, 7) is 4.41. The molecule has 2 atom stereocenters. The van der Waals surface area contributed by atoms with Crippen LogP contribution >= 0.6 is 0 Å². The lowest BCUT2D eigenvalue weighted by atomic mass is 10.0. The summed E-state index contributed by atoms with van der Waals surface area (Å²) < 4.78 is 0. The molecule has 1 fully saturated rings. The van der Waals surface area contributed by atoms with Crippen LogP contribution in [-0.2, 0) is 0 Å². The Hall–Kier alpha value is -2.15. The molecule has 120 valence electrons. The maximum atomic E-state index is 12.2. The van der Waals surface area contributed by atoms with Crippen LogP contribution in [0.2, 0.25) is 0 Å². The standard InChI is InChI=1S/C15H21N3O4/c1-10-5-6-12(8-14(10)18(21)22)11(2)16-15(20)17-7-3-4-13(19)9-17/h5-6,8,11,13,19H,3-4,7,9H2,1-2H3,(H,16,20)/t11-,13-/m0/s1. The molecule has 0 bridgehead atoms. The third-order valence-electron chi connectivity index (χ3n) is 3.95. The van der Waals surface area contributed by atoms with Gasteiger partial charge in [0.1, 0.15) is 0 Å². The Bertz CT molecular complexity index is 576. The van der Waals surface area contributed by atoms with Crippen molar-refractivity contribution in [2.24, 2.45) is 0 Å². The van der Waals surface area contributed by atoms with E-state index in [2.05, 4.69) is 5.32 Å². The molecule has 1 aliphatic rings. The number of nitrogens with zero attached hydrogens (tertiary/aromatic N) is 2. The summed E-state index contributed by atoms with van der Waals surface area (Å²) in [6, 6.07) is 4.35. The first-order valence-electron chi connectivity index (χ1n) is 7.37. The third-order valence-corrected chi connectivity index (χ3v) is 3.95. The number of nitro benzene ring substituents is 1. The van der Waals surface area contributed by atoms with Crippen LogP contribution < -0.4 is 5.32 Å². The fourth-order valence-electron chi connectivity index (χ4n) is 2.59. The number of aryl methyl sites for hydroxylation is 1. The first-order valence-corrected chi connectivity index (χ1v) is 7.37. The number of likely N-dealkylation sites (tertiary alicyclic amines) is 1. The predicted octanol–water partition coefficient (Wildman–Crippen LogP) is 2.13. The van der Waals surface area contributed by atoms with Gasteiger partial charge in [0.05, 0.1) is 17.1 Å². The average molecular weight is 307 g/mol. The highest BCUT2D eigenvalue weighted by atomic mass is 16.6. The van der Waals surface area contributed by atoms with Crippen molar-refractivity contribution in [1.29, 1.82) is 0 Å². The van der Waals surface area contributed by atoms with Crippen molar-refractivity contribution in [3.63, 3.8) is 0 Å². The summed E-state index contributed by atoms with van der Waals surface area (Å²) in [5.74, 6) is 0. The van der Waals surface area contributed by atoms with Crippen molar-refractivity contribution in [3.8, 4) is 0 Å². The number of benzene rings is 1. The molecule has 0 unspecified atom stereocenters. The molecule has 1 heterocycles. The lowest BCUT2D eigenvalue weighted by Crippen LogP contribution is -2.47. The molecule has 0 spiro atoms. The van der Waals surface area contributed by atoms with Crippen LogP contribution in [-0.4, -0.2) is 40.2 Å². The molecule has 1 saturated heterocycles. The van der Waals surface area contributed by atoms with Crippen molar-refractivity contribution in [3.05, 3.63) is 39.4 Å². The fourth-order valence-corrected chi connectivity index (χ4v) is 2.59. The van der Waals surface area contributed by atoms with Gasteiger partial charge >= 0.3 is 6.03 Å². The molecule has 0 aliphatic carbocycles. The van der Waals surface area contributed by atoms with Crippen molar-refractivity contribution < 1.29 is 14.8 Å². The Balaban J connectivity index is 2.05. The van der Waals surface area contributed by atoms with E-state index in [-0.39, 0.29) is 17.8 Å². The number of hydrogen-bond donors (Lipinski definition) is 2. The number of β-amino-alcohol motifs (C(OH)–C–C–N with tert-alkyl or cyclic N) is 1. The quantitative estimate of drug-likeness (QED) is 0.660. The van der Waals surface area contributed by atoms with E-state index in [0.717, 1.165) is 6.42 Å². The van der Waals surface area contributed by atoms with Gasteiger partial charge in [-0.25, -0.2) is 4.79 Å². The van der Waals surface area contributed by atoms with E-state index in [1.807, 2.05) is 0 Å². The molecule has 0 aromatic heterocycles. The van der Waals surface area contributed by atoms with E-state index in [9.17, 15) is 20.0 Å². The van der Waals surface area contributed by atoms with Gasteiger partial charge in [-0.2, -0.15) is 0 Å². The van der Waals surface area contributed by atoms with Gasteiger partial charge in [-0.3, -0.25) is 10.1 Å². The van der Waals surface area contributed by atoms with E-state index in [0.29, 0.717) is 30.6 Å². The van der Waals surface area contributed by atoms with Gasteiger partial charge in [0.2, 0.25) is 0 Å². The van der Waals surface area contributed by atoms with Crippen LogP contribution in [0, 0.1) is 17.0 Å². The number of piperidine rings is 1. The Labute approximate surface area is 129 Å². The minimum atomic E-state index is -0.477. The summed E-state index contributed by atoms with van der Waals surface area (Å²) in [6.07, 6.45) is 1.01. The Kier molecular flexibility index (Phi) is 4.97. The van der Waals surface area contributed by atoms with Gasteiger partial charge in [-0.1, -0.05) is 12.1 Å². The predicted molar refractivity (Wildman–Crippen MR) is 81.6 cm³/mol. The molecule has 7 nitrogen and oxygen atoms in total. The van der Waals surface area contributed by atoms with Gasteiger partial charge in [0.15, 0.2) is 0 Å². The van der Waals surface area contributed by atoms with Gasteiger partial charge in [-0.05, 0) is 32.3 Å². The van der Waals surface area contributed by atoms with E-state index in [1.165, 1.54) is 6.07 Å². The topological polar surface area (TPSA) is 95.7 Å². The average Bonchev–Trinajstić information content (AvgIpc) is 2.47. The number of amides is 2. The highest BCUT2D eigenvalue weighted by molar-refractivity contribution is 5.75. The number of carbonyl (C=O) groups is 1. The molecular formula is C15H21N3O4. The molecule has 2 rings (SSSR count). The number of rotatable bonds is 3. The Morgan fingerprint density at radius 3 is 2.91 bits per heavy atom. The van der Waals surface area contributed by atoms with Crippen molar-refractivity contribution in [2.45, 2.75) is 38.8 Å². The van der Waals surface area contributed by atoms with Crippen molar-refractivity contribution in [2.75, 3.05) is 13.1 Å². The molecule has 1 aromatic rings. The summed E-state index contributed by atoms with van der Waals surface area (Å²) >= 11 is 0. The largest absolute Gasteiger partial charge is 0.391 e. The van der Waals surface area contributed by atoms with E-state index in [1.54, 1.807) is 30.9 Å². The van der Waals surface area contributed by atoms with Crippen LogP contribution in [0.15, 0.2) is 18.2 Å². The smallest absolute Gasteiger partial charge is 0.317 e. The zero-order chi connectivity index (χ0) is 16.3. The van der Waals surface area contributed by atoms with Crippen LogP contribution in [0.1, 0.15) is 36.9 Å². The minimum Gasteiger partial charge on any atom is -0.391 e. The van der Waals surface area contributed by atoms with E-state index < -0.39 is 11.0 Å².